The molecule has 164 valence electrons. The number of carbonyl (C=O) groups excluding carboxylic acids is 1. The number of aromatic nitrogens is 2. The highest BCUT2D eigenvalue weighted by Crippen LogP contribution is 2.18. The molecule has 0 spiro atoms. The number of imidazole rings is 1. The van der Waals surface area contributed by atoms with Gasteiger partial charge in [-0.05, 0) is 68.7 Å². The molecule has 5 heteroatoms. The molecule has 0 fully saturated rings. The Bertz CT molecular complexity index is 1210. The van der Waals surface area contributed by atoms with Crippen molar-refractivity contribution in [3.63, 3.8) is 0 Å². The lowest BCUT2D eigenvalue weighted by molar-refractivity contribution is 0.0949. The fraction of sp³-hybridized carbons (Fsp3) is 0.259. The van der Waals surface area contributed by atoms with Gasteiger partial charge in [-0.2, -0.15) is 0 Å². The van der Waals surface area contributed by atoms with Gasteiger partial charge in [0.25, 0.3) is 5.91 Å². The van der Waals surface area contributed by atoms with E-state index in [0.29, 0.717) is 18.7 Å². The van der Waals surface area contributed by atoms with Crippen LogP contribution in [0, 0.1) is 13.8 Å². The summed E-state index contributed by atoms with van der Waals surface area (Å²) in [7, 11) is 0. The fourth-order valence-corrected chi connectivity index (χ4v) is 3.82. The van der Waals surface area contributed by atoms with Gasteiger partial charge in [0.05, 0.1) is 24.2 Å². The first-order valence-electron chi connectivity index (χ1n) is 11.1. The summed E-state index contributed by atoms with van der Waals surface area (Å²) in [6.07, 6.45) is 1.90. The molecule has 0 saturated heterocycles. The number of hydrogen-bond donors (Lipinski definition) is 1. The summed E-state index contributed by atoms with van der Waals surface area (Å²) in [5.41, 5.74) is 4.97. The lowest BCUT2D eigenvalue weighted by Crippen LogP contribution is -2.25. The summed E-state index contributed by atoms with van der Waals surface area (Å²) >= 11 is 0. The number of rotatable bonds is 9. The maximum Gasteiger partial charge on any atom is 0.251 e. The number of ether oxygens (including phenoxy) is 1. The van der Waals surface area contributed by atoms with Gasteiger partial charge in [0.1, 0.15) is 11.6 Å². The second kappa shape index (κ2) is 10.1. The van der Waals surface area contributed by atoms with Gasteiger partial charge >= 0.3 is 0 Å². The number of fused-ring (bicyclic) bond motifs is 1. The van der Waals surface area contributed by atoms with E-state index in [-0.39, 0.29) is 5.91 Å². The smallest absolute Gasteiger partial charge is 0.251 e. The predicted octanol–water partition coefficient (Wildman–Crippen LogP) is 5.44. The molecule has 4 rings (SSSR count). The first-order valence-corrected chi connectivity index (χ1v) is 11.1. The van der Waals surface area contributed by atoms with Crippen LogP contribution in [0.3, 0.4) is 0 Å². The normalized spacial score (nSPS) is 10.9. The minimum Gasteiger partial charge on any atom is -0.494 e. The first-order chi connectivity index (χ1) is 15.6. The van der Waals surface area contributed by atoms with E-state index in [4.69, 9.17) is 9.72 Å². The van der Waals surface area contributed by atoms with Crippen molar-refractivity contribution in [2.45, 2.75) is 39.8 Å². The number of hydrogen-bond acceptors (Lipinski definition) is 3. The number of amides is 1. The van der Waals surface area contributed by atoms with Crippen LogP contribution in [0.1, 0.15) is 40.2 Å². The number of nitrogens with one attached hydrogen (secondary N) is 1. The van der Waals surface area contributed by atoms with E-state index in [0.717, 1.165) is 47.6 Å². The minimum absolute atomic E-state index is 0.0844. The zero-order valence-corrected chi connectivity index (χ0v) is 18.7. The molecule has 5 nitrogen and oxygen atoms in total. The number of unbranched alkanes of at least 4 members (excludes halogenated alkanes) is 1. The Labute approximate surface area is 189 Å². The van der Waals surface area contributed by atoms with Gasteiger partial charge in [0, 0.05) is 12.1 Å². The molecule has 0 radical (unpaired) electrons. The Kier molecular flexibility index (Phi) is 6.85. The van der Waals surface area contributed by atoms with Crippen molar-refractivity contribution in [1.29, 1.82) is 0 Å². The van der Waals surface area contributed by atoms with E-state index in [1.54, 1.807) is 0 Å². The van der Waals surface area contributed by atoms with Gasteiger partial charge in [-0.1, -0.05) is 42.0 Å². The molecule has 0 unspecified atom stereocenters. The summed E-state index contributed by atoms with van der Waals surface area (Å²) in [6, 6.07) is 23.8. The number of nitrogens with zero attached hydrogens (tertiary/aromatic N) is 2. The zero-order chi connectivity index (χ0) is 22.3. The van der Waals surface area contributed by atoms with Gasteiger partial charge in [-0.25, -0.2) is 4.98 Å². The first kappa shape index (κ1) is 21.6. The van der Waals surface area contributed by atoms with Crippen LogP contribution < -0.4 is 10.1 Å². The molecule has 0 bridgehead atoms. The van der Waals surface area contributed by atoms with Crippen LogP contribution in [-0.2, 0) is 13.1 Å². The fourth-order valence-electron chi connectivity index (χ4n) is 3.82. The highest BCUT2D eigenvalue weighted by molar-refractivity contribution is 5.94. The lowest BCUT2D eigenvalue weighted by atomic mass is 10.1. The molecule has 0 atom stereocenters. The third kappa shape index (κ3) is 5.35. The molecule has 1 heterocycles. The average Bonchev–Trinajstić information content (AvgIpc) is 3.15. The molecule has 0 saturated carbocycles. The van der Waals surface area contributed by atoms with Crippen molar-refractivity contribution in [3.05, 3.63) is 95.3 Å². The van der Waals surface area contributed by atoms with Crippen molar-refractivity contribution >= 4 is 16.9 Å². The van der Waals surface area contributed by atoms with E-state index in [1.807, 2.05) is 61.5 Å². The second-order valence-electron chi connectivity index (χ2n) is 8.09. The lowest BCUT2D eigenvalue weighted by Gasteiger charge is -2.11. The van der Waals surface area contributed by atoms with Crippen molar-refractivity contribution in [2.75, 3.05) is 6.61 Å². The highest BCUT2D eigenvalue weighted by atomic mass is 16.5. The van der Waals surface area contributed by atoms with E-state index in [9.17, 15) is 4.79 Å². The van der Waals surface area contributed by atoms with Crippen molar-refractivity contribution < 1.29 is 9.53 Å². The molecule has 0 aliphatic carbocycles. The van der Waals surface area contributed by atoms with Gasteiger partial charge in [-0.15, -0.1) is 0 Å². The Hall–Kier alpha value is -3.60. The van der Waals surface area contributed by atoms with Crippen LogP contribution >= 0.6 is 0 Å². The largest absolute Gasteiger partial charge is 0.494 e. The van der Waals surface area contributed by atoms with Crippen LogP contribution in [0.5, 0.6) is 5.75 Å². The molecule has 1 N–H and O–H groups in total. The number of aryl methyl sites for hydroxylation is 3. The van der Waals surface area contributed by atoms with Gasteiger partial charge in [-0.3, -0.25) is 4.79 Å². The van der Waals surface area contributed by atoms with Crippen LogP contribution in [0.4, 0.5) is 0 Å². The van der Waals surface area contributed by atoms with Gasteiger partial charge < -0.3 is 14.6 Å². The molecule has 3 aromatic carbocycles. The van der Waals surface area contributed by atoms with Crippen molar-refractivity contribution in [1.82, 2.24) is 14.9 Å². The van der Waals surface area contributed by atoms with Gasteiger partial charge in [0.15, 0.2) is 0 Å². The maximum absolute atomic E-state index is 12.6. The molecule has 4 aromatic rings. The Balaban J connectivity index is 1.38. The van der Waals surface area contributed by atoms with Crippen molar-refractivity contribution in [2.24, 2.45) is 0 Å². The third-order valence-electron chi connectivity index (χ3n) is 5.46. The molecule has 0 aliphatic heterocycles. The SMILES string of the molecule is Cc1cccc(OCCCCn2c(CNC(=O)c3cccc(C)c3)nc3ccccc32)c1. The maximum atomic E-state index is 12.6. The molecule has 32 heavy (non-hydrogen) atoms. The summed E-state index contributed by atoms with van der Waals surface area (Å²) < 4.78 is 8.09. The van der Waals surface area contributed by atoms with Crippen molar-refractivity contribution in [3.8, 4) is 5.75 Å². The predicted molar refractivity (Wildman–Crippen MR) is 128 cm³/mol. The topological polar surface area (TPSA) is 56.1 Å². The Morgan fingerprint density at radius 3 is 2.53 bits per heavy atom. The summed E-state index contributed by atoms with van der Waals surface area (Å²) in [6.45, 7) is 5.94. The quantitative estimate of drug-likeness (QED) is 0.362. The minimum atomic E-state index is -0.0844. The monoisotopic (exact) mass is 427 g/mol. The summed E-state index contributed by atoms with van der Waals surface area (Å²) in [5, 5.41) is 3.03. The number of para-hydroxylation sites is 2. The standard InChI is InChI=1S/C27H29N3O2/c1-20-9-7-11-22(17-20)27(31)28-19-26-29-24-13-3-4-14-25(24)30(26)15-5-6-16-32-23-12-8-10-21(2)18-23/h3-4,7-14,17-18H,5-6,15-16,19H2,1-2H3,(H,28,31). The third-order valence-corrected chi connectivity index (χ3v) is 5.46. The van der Waals surface area contributed by atoms with E-state index < -0.39 is 0 Å². The van der Waals surface area contributed by atoms with Crippen LogP contribution in [0.15, 0.2) is 72.8 Å². The summed E-state index contributed by atoms with van der Waals surface area (Å²) in [4.78, 5) is 17.4. The summed E-state index contributed by atoms with van der Waals surface area (Å²) in [5.74, 6) is 1.70. The van der Waals surface area contributed by atoms with Crippen LogP contribution in [0.25, 0.3) is 11.0 Å². The Morgan fingerprint density at radius 1 is 0.938 bits per heavy atom. The highest BCUT2D eigenvalue weighted by Gasteiger charge is 2.12. The molecule has 1 amide bonds. The van der Waals surface area contributed by atoms with Crippen LogP contribution in [-0.4, -0.2) is 22.1 Å². The van der Waals surface area contributed by atoms with E-state index in [1.165, 1.54) is 5.56 Å². The number of benzene rings is 3. The molecule has 0 aliphatic rings. The number of carbonyl (C=O) groups is 1. The van der Waals surface area contributed by atoms with E-state index >= 15 is 0 Å². The Morgan fingerprint density at radius 2 is 1.72 bits per heavy atom. The van der Waals surface area contributed by atoms with Crippen LogP contribution in [0.2, 0.25) is 0 Å². The molecular formula is C27H29N3O2. The second-order valence-corrected chi connectivity index (χ2v) is 8.09. The average molecular weight is 428 g/mol. The zero-order valence-electron chi connectivity index (χ0n) is 18.7. The molecule has 1 aromatic heterocycles. The van der Waals surface area contributed by atoms with E-state index in [2.05, 4.69) is 35.0 Å². The van der Waals surface area contributed by atoms with Gasteiger partial charge in [0.2, 0.25) is 0 Å². The molecular weight excluding hydrogens is 398 g/mol.